The molecule has 17 heavy (non-hydrogen) atoms. The summed E-state index contributed by atoms with van der Waals surface area (Å²) >= 11 is 0. The summed E-state index contributed by atoms with van der Waals surface area (Å²) in [6, 6.07) is 5.94. The molecule has 0 saturated heterocycles. The zero-order chi connectivity index (χ0) is 12.7. The van der Waals surface area contributed by atoms with E-state index in [1.165, 1.54) is 0 Å². The van der Waals surface area contributed by atoms with E-state index in [4.69, 9.17) is 0 Å². The van der Waals surface area contributed by atoms with Crippen LogP contribution in [0.2, 0.25) is 0 Å². The maximum Gasteiger partial charge on any atom is 0.0669 e. The topological polar surface area (TPSA) is 45.1 Å². The van der Waals surface area contributed by atoms with Crippen molar-refractivity contribution in [2.24, 2.45) is 5.41 Å². The summed E-state index contributed by atoms with van der Waals surface area (Å²) in [5.41, 5.74) is 1.27. The first-order valence-electron chi connectivity index (χ1n) is 6.26. The molecule has 0 saturated carbocycles. The van der Waals surface area contributed by atoms with Crippen molar-refractivity contribution in [3.8, 4) is 0 Å². The van der Waals surface area contributed by atoms with Crippen LogP contribution in [0, 0.1) is 5.41 Å². The Bertz CT molecular complexity index is 306. The van der Waals surface area contributed by atoms with Crippen molar-refractivity contribution in [3.63, 3.8) is 0 Å². The van der Waals surface area contributed by atoms with E-state index in [0.29, 0.717) is 6.54 Å². The van der Waals surface area contributed by atoms with Gasteiger partial charge in [0.2, 0.25) is 0 Å². The molecule has 1 rings (SSSR count). The fourth-order valence-corrected chi connectivity index (χ4v) is 1.81. The lowest BCUT2D eigenvalue weighted by Gasteiger charge is -2.22. The first-order chi connectivity index (χ1) is 7.97. The smallest absolute Gasteiger partial charge is 0.0669 e. The molecule has 0 spiro atoms. The third-order valence-corrected chi connectivity index (χ3v) is 2.51. The van der Waals surface area contributed by atoms with Crippen LogP contribution in [-0.4, -0.2) is 29.3 Å². The molecule has 0 radical (unpaired) electrons. The number of pyridine rings is 1. The molecular formula is C14H24N2O. The summed E-state index contributed by atoms with van der Waals surface area (Å²) in [4.78, 5) is 4.25. The van der Waals surface area contributed by atoms with E-state index in [1.54, 1.807) is 0 Å². The van der Waals surface area contributed by atoms with Crippen molar-refractivity contribution in [2.45, 2.75) is 39.7 Å². The minimum atomic E-state index is -0.265. The highest BCUT2D eigenvalue weighted by molar-refractivity contribution is 5.03. The second-order valence-electron chi connectivity index (χ2n) is 5.69. The predicted molar refractivity (Wildman–Crippen MR) is 70.9 cm³/mol. The molecule has 0 aromatic carbocycles. The maximum absolute atomic E-state index is 9.80. The largest absolute Gasteiger partial charge is 0.392 e. The zero-order valence-corrected chi connectivity index (χ0v) is 11.1. The number of nitrogens with zero attached hydrogens (tertiary/aromatic N) is 1. The van der Waals surface area contributed by atoms with Gasteiger partial charge in [-0.1, -0.05) is 26.8 Å². The highest BCUT2D eigenvalue weighted by Crippen LogP contribution is 2.20. The third-order valence-electron chi connectivity index (χ3n) is 2.51. The zero-order valence-electron chi connectivity index (χ0n) is 11.1. The second-order valence-corrected chi connectivity index (χ2v) is 5.69. The van der Waals surface area contributed by atoms with Gasteiger partial charge in [-0.2, -0.15) is 0 Å². The average molecular weight is 236 g/mol. The maximum atomic E-state index is 9.80. The molecule has 1 heterocycles. The van der Waals surface area contributed by atoms with E-state index in [0.717, 1.165) is 25.1 Å². The van der Waals surface area contributed by atoms with E-state index >= 15 is 0 Å². The van der Waals surface area contributed by atoms with Crippen LogP contribution in [0.15, 0.2) is 24.4 Å². The van der Waals surface area contributed by atoms with Gasteiger partial charge in [0.05, 0.1) is 6.10 Å². The van der Waals surface area contributed by atoms with E-state index in [-0.39, 0.29) is 11.5 Å². The first-order valence-corrected chi connectivity index (χ1v) is 6.26. The number of hydrogen-bond acceptors (Lipinski definition) is 3. The van der Waals surface area contributed by atoms with E-state index in [9.17, 15) is 5.11 Å². The Morgan fingerprint density at radius 1 is 1.35 bits per heavy atom. The minimum Gasteiger partial charge on any atom is -0.392 e. The number of rotatable bonds is 6. The molecule has 0 bridgehead atoms. The Balaban J connectivity index is 2.12. The Morgan fingerprint density at radius 3 is 2.71 bits per heavy atom. The summed E-state index contributed by atoms with van der Waals surface area (Å²) in [6.45, 7) is 7.95. The van der Waals surface area contributed by atoms with E-state index in [2.05, 4.69) is 31.1 Å². The molecule has 96 valence electrons. The summed E-state index contributed by atoms with van der Waals surface area (Å²) in [5, 5.41) is 13.1. The molecule has 1 atom stereocenters. The van der Waals surface area contributed by atoms with Gasteiger partial charge in [0.1, 0.15) is 0 Å². The Kier molecular flexibility index (Phi) is 5.59. The van der Waals surface area contributed by atoms with Gasteiger partial charge in [-0.25, -0.2) is 0 Å². The first kappa shape index (κ1) is 14.1. The fourth-order valence-electron chi connectivity index (χ4n) is 1.81. The molecule has 2 N–H and O–H groups in total. The molecule has 0 aliphatic heterocycles. The Morgan fingerprint density at radius 2 is 2.12 bits per heavy atom. The molecule has 1 aromatic rings. The Hall–Kier alpha value is -0.930. The lowest BCUT2D eigenvalue weighted by molar-refractivity contribution is 0.120. The van der Waals surface area contributed by atoms with E-state index < -0.39 is 0 Å². The lowest BCUT2D eigenvalue weighted by atomic mass is 9.89. The van der Waals surface area contributed by atoms with Crippen molar-refractivity contribution in [1.29, 1.82) is 0 Å². The average Bonchev–Trinajstić information content (AvgIpc) is 2.23. The van der Waals surface area contributed by atoms with Crippen LogP contribution in [0.4, 0.5) is 0 Å². The van der Waals surface area contributed by atoms with Gasteiger partial charge < -0.3 is 10.4 Å². The quantitative estimate of drug-likeness (QED) is 0.743. The lowest BCUT2D eigenvalue weighted by Crippen LogP contribution is -2.31. The van der Waals surface area contributed by atoms with Gasteiger partial charge in [0.15, 0.2) is 0 Å². The molecule has 0 aliphatic carbocycles. The SMILES string of the molecule is CC(C)(C)CC(O)CNCCc1ccccn1. The summed E-state index contributed by atoms with van der Waals surface area (Å²) in [5.74, 6) is 0. The van der Waals surface area contributed by atoms with Crippen LogP contribution in [0.3, 0.4) is 0 Å². The van der Waals surface area contributed by atoms with Crippen LogP contribution in [0.5, 0.6) is 0 Å². The normalized spacial score (nSPS) is 13.6. The van der Waals surface area contributed by atoms with Gasteiger partial charge in [-0.05, 0) is 24.0 Å². The predicted octanol–water partition coefficient (Wildman–Crippen LogP) is 2.01. The molecule has 0 aliphatic rings. The van der Waals surface area contributed by atoms with Gasteiger partial charge in [-0.3, -0.25) is 4.98 Å². The highest BCUT2D eigenvalue weighted by atomic mass is 16.3. The third kappa shape index (κ3) is 7.08. The van der Waals surface area contributed by atoms with Crippen LogP contribution >= 0.6 is 0 Å². The highest BCUT2D eigenvalue weighted by Gasteiger charge is 2.15. The summed E-state index contributed by atoms with van der Waals surface area (Å²) in [7, 11) is 0. The van der Waals surface area contributed by atoms with E-state index in [1.807, 2.05) is 24.4 Å². The summed E-state index contributed by atoms with van der Waals surface area (Å²) in [6.07, 6.45) is 3.27. The van der Waals surface area contributed by atoms with Gasteiger partial charge >= 0.3 is 0 Å². The number of aromatic nitrogens is 1. The van der Waals surface area contributed by atoms with Crippen molar-refractivity contribution in [3.05, 3.63) is 30.1 Å². The second kappa shape index (κ2) is 6.72. The molecule has 0 fully saturated rings. The van der Waals surface area contributed by atoms with Crippen LogP contribution in [0.25, 0.3) is 0 Å². The van der Waals surface area contributed by atoms with Gasteiger partial charge in [0, 0.05) is 31.4 Å². The minimum absolute atomic E-state index is 0.183. The molecule has 3 nitrogen and oxygen atoms in total. The van der Waals surface area contributed by atoms with Crippen molar-refractivity contribution >= 4 is 0 Å². The van der Waals surface area contributed by atoms with Gasteiger partial charge in [0.25, 0.3) is 0 Å². The number of aliphatic hydroxyl groups is 1. The summed E-state index contributed by atoms with van der Waals surface area (Å²) < 4.78 is 0. The van der Waals surface area contributed by atoms with Crippen molar-refractivity contribution in [1.82, 2.24) is 10.3 Å². The monoisotopic (exact) mass is 236 g/mol. The molecule has 3 heteroatoms. The number of hydrogen-bond donors (Lipinski definition) is 2. The molecule has 0 amide bonds. The van der Waals surface area contributed by atoms with Crippen molar-refractivity contribution in [2.75, 3.05) is 13.1 Å². The van der Waals surface area contributed by atoms with Crippen LogP contribution in [-0.2, 0) is 6.42 Å². The fraction of sp³-hybridized carbons (Fsp3) is 0.643. The van der Waals surface area contributed by atoms with Crippen LogP contribution in [0.1, 0.15) is 32.9 Å². The molecular weight excluding hydrogens is 212 g/mol. The molecule has 1 aromatic heterocycles. The van der Waals surface area contributed by atoms with Crippen molar-refractivity contribution < 1.29 is 5.11 Å². The number of aliphatic hydroxyl groups excluding tert-OH is 1. The standard InChI is InChI=1S/C14H24N2O/c1-14(2,3)10-13(17)11-15-9-7-12-6-4-5-8-16-12/h4-6,8,13,15,17H,7,9-11H2,1-3H3. The Labute approximate surface area is 104 Å². The number of nitrogens with one attached hydrogen (secondary N) is 1. The van der Waals surface area contributed by atoms with Gasteiger partial charge in [-0.15, -0.1) is 0 Å². The molecule has 1 unspecified atom stereocenters. The van der Waals surface area contributed by atoms with Crippen LogP contribution < -0.4 is 5.32 Å².